The van der Waals surface area contributed by atoms with E-state index in [0.29, 0.717) is 49.1 Å². The number of piperidine rings is 1. The Labute approximate surface area is 276 Å². The minimum Gasteiger partial charge on any atom is -0.493 e. The van der Waals surface area contributed by atoms with Gasteiger partial charge in [0, 0.05) is 74.9 Å². The van der Waals surface area contributed by atoms with E-state index in [9.17, 15) is 9.59 Å². The van der Waals surface area contributed by atoms with Crippen LogP contribution in [0.5, 0.6) is 17.2 Å². The average molecular weight is 649 g/mol. The van der Waals surface area contributed by atoms with Crippen LogP contribution in [0.2, 0.25) is 0 Å². The fourth-order valence-corrected chi connectivity index (χ4v) is 6.44. The molecular formula is C34H48N8O5. The number of aromatic nitrogens is 3. The molecule has 0 saturated carbocycles. The van der Waals surface area contributed by atoms with Crippen molar-refractivity contribution >= 4 is 34.5 Å². The van der Waals surface area contributed by atoms with E-state index in [0.717, 1.165) is 54.8 Å². The van der Waals surface area contributed by atoms with Gasteiger partial charge in [-0.2, -0.15) is 0 Å². The van der Waals surface area contributed by atoms with Gasteiger partial charge in [-0.3, -0.25) is 14.5 Å². The third kappa shape index (κ3) is 7.61. The molecule has 3 N–H and O–H groups in total. The molecule has 0 spiro atoms. The molecule has 2 amide bonds. The van der Waals surface area contributed by atoms with Crippen LogP contribution in [0.1, 0.15) is 67.7 Å². The Kier molecular flexibility index (Phi) is 10.8. The summed E-state index contributed by atoms with van der Waals surface area (Å²) in [5.74, 6) is 2.60. The van der Waals surface area contributed by atoms with E-state index >= 15 is 0 Å². The van der Waals surface area contributed by atoms with Crippen molar-refractivity contribution in [3.8, 4) is 17.2 Å². The van der Waals surface area contributed by atoms with Crippen molar-refractivity contribution in [3.63, 3.8) is 0 Å². The van der Waals surface area contributed by atoms with Gasteiger partial charge >= 0.3 is 0 Å². The number of hydrogen-bond acceptors (Lipinski definition) is 11. The topological polar surface area (TPSA) is 148 Å². The Morgan fingerprint density at radius 3 is 2.51 bits per heavy atom. The summed E-state index contributed by atoms with van der Waals surface area (Å²) >= 11 is 0. The first-order valence-corrected chi connectivity index (χ1v) is 16.5. The molecule has 2 bridgehead atoms. The Balaban J connectivity index is 1.54. The predicted octanol–water partition coefficient (Wildman–Crippen LogP) is 3.46. The third-order valence-electron chi connectivity index (χ3n) is 9.08. The highest BCUT2D eigenvalue weighted by Crippen LogP contribution is 2.44. The molecule has 1 fully saturated rings. The van der Waals surface area contributed by atoms with Gasteiger partial charge in [0.05, 0.1) is 26.8 Å². The van der Waals surface area contributed by atoms with Crippen molar-refractivity contribution < 1.29 is 23.8 Å². The van der Waals surface area contributed by atoms with Crippen LogP contribution in [-0.2, 0) is 11.3 Å². The molecule has 2 aliphatic heterocycles. The maximum Gasteiger partial charge on any atom is 0.272 e. The summed E-state index contributed by atoms with van der Waals surface area (Å²) in [6.45, 7) is 10.9. The number of nitrogen functional groups attached to an aromatic ring is 1. The number of nitrogens with zero attached hydrogens (tertiary/aromatic N) is 6. The van der Waals surface area contributed by atoms with E-state index in [1.807, 2.05) is 19.9 Å². The van der Waals surface area contributed by atoms with Crippen molar-refractivity contribution in [2.24, 2.45) is 5.92 Å². The summed E-state index contributed by atoms with van der Waals surface area (Å²) in [4.78, 5) is 47.1. The fraction of sp³-hybridized carbons (Fsp3) is 0.559. The number of hydrogen-bond donors (Lipinski definition) is 2. The van der Waals surface area contributed by atoms with Crippen LogP contribution in [-0.4, -0.2) is 104 Å². The van der Waals surface area contributed by atoms with Crippen molar-refractivity contribution in [1.82, 2.24) is 30.1 Å². The summed E-state index contributed by atoms with van der Waals surface area (Å²) < 4.78 is 17.2. The number of nitrogens with one attached hydrogen (secondary N) is 1. The fourth-order valence-electron chi connectivity index (χ4n) is 6.44. The summed E-state index contributed by atoms with van der Waals surface area (Å²) in [5, 5.41) is 3.96. The van der Waals surface area contributed by atoms with Crippen LogP contribution in [0.15, 0.2) is 18.2 Å². The van der Waals surface area contributed by atoms with Crippen LogP contribution in [0.3, 0.4) is 0 Å². The highest BCUT2D eigenvalue weighted by molar-refractivity contribution is 5.93. The van der Waals surface area contributed by atoms with Crippen molar-refractivity contribution in [1.29, 1.82) is 0 Å². The average Bonchev–Trinajstić information content (AvgIpc) is 3.08. The number of rotatable bonds is 6. The van der Waals surface area contributed by atoms with Gasteiger partial charge in [0.25, 0.3) is 5.91 Å². The molecule has 3 aromatic rings. The number of fused-ring (bicyclic) bond motifs is 5. The molecule has 2 aromatic heterocycles. The lowest BCUT2D eigenvalue weighted by atomic mass is 9.97. The van der Waals surface area contributed by atoms with E-state index in [1.54, 1.807) is 32.3 Å². The van der Waals surface area contributed by atoms with Crippen molar-refractivity contribution in [3.05, 3.63) is 35.2 Å². The minimum atomic E-state index is -0.269. The second-order valence-electron chi connectivity index (χ2n) is 12.5. The van der Waals surface area contributed by atoms with E-state index < -0.39 is 0 Å². The lowest BCUT2D eigenvalue weighted by molar-refractivity contribution is -0.121. The normalized spacial score (nSPS) is 18.3. The van der Waals surface area contributed by atoms with Gasteiger partial charge in [-0.15, -0.1) is 0 Å². The number of carbonyl (C=O) groups excluding carboxylic acids is 2. The minimum absolute atomic E-state index is 0.0629. The SMILES string of the molecule is CCN1CCN(C(=O)c2cc(C(C)C)nc(N)n2)CCC(=O)NCC2CCCN(C2)c2nc3cc(OC)c(OC)c(OC)c3cc2C1. The maximum absolute atomic E-state index is 13.9. The van der Waals surface area contributed by atoms with Crippen molar-refractivity contribution in [2.45, 2.75) is 52.5 Å². The molecule has 1 atom stereocenters. The monoisotopic (exact) mass is 648 g/mol. The van der Waals surface area contributed by atoms with Gasteiger partial charge < -0.3 is 35.1 Å². The van der Waals surface area contributed by atoms with Gasteiger partial charge in [0.15, 0.2) is 11.5 Å². The van der Waals surface area contributed by atoms with E-state index in [-0.39, 0.29) is 48.3 Å². The van der Waals surface area contributed by atoms with E-state index in [1.165, 1.54) is 0 Å². The Bertz CT molecular complexity index is 1600. The Morgan fingerprint density at radius 2 is 1.81 bits per heavy atom. The van der Waals surface area contributed by atoms with Crippen LogP contribution in [0, 0.1) is 5.92 Å². The third-order valence-corrected chi connectivity index (χ3v) is 9.08. The smallest absolute Gasteiger partial charge is 0.272 e. The first-order valence-electron chi connectivity index (χ1n) is 16.5. The molecule has 2 aliphatic rings. The molecule has 1 aromatic carbocycles. The van der Waals surface area contributed by atoms with Crippen LogP contribution in [0.4, 0.5) is 11.8 Å². The molecule has 47 heavy (non-hydrogen) atoms. The second-order valence-corrected chi connectivity index (χ2v) is 12.5. The zero-order valence-corrected chi connectivity index (χ0v) is 28.5. The summed E-state index contributed by atoms with van der Waals surface area (Å²) in [6, 6.07) is 5.74. The molecule has 1 unspecified atom stereocenters. The quantitative estimate of drug-likeness (QED) is 0.405. The van der Waals surface area contributed by atoms with Crippen molar-refractivity contribution in [2.75, 3.05) is 77.8 Å². The lowest BCUT2D eigenvalue weighted by Crippen LogP contribution is -2.42. The zero-order valence-electron chi connectivity index (χ0n) is 28.5. The number of carbonyl (C=O) groups is 2. The number of pyridine rings is 1. The molecule has 13 nitrogen and oxygen atoms in total. The second kappa shape index (κ2) is 15.0. The first kappa shape index (κ1) is 34.0. The van der Waals surface area contributed by atoms with E-state index in [4.69, 9.17) is 24.9 Å². The standard InChI is InChI=1S/C34H48N8O5/c1-7-40-13-14-41(33(44)27-16-25(21(2)3)38-34(35)39-27)12-10-29(43)36-18-22-9-8-11-42(19-22)32-23(20-40)15-24-26(37-32)17-28(45-4)31(47-6)30(24)46-5/h15-17,21-22H,7-14,18-20H2,1-6H3,(H,36,43)(H2,35,38,39). The molecule has 0 aliphatic carbocycles. The van der Waals surface area contributed by atoms with Gasteiger partial charge in [0.2, 0.25) is 17.6 Å². The maximum atomic E-state index is 13.9. The molecule has 0 radical (unpaired) electrons. The number of methoxy groups -OCH3 is 3. The molecule has 1 saturated heterocycles. The number of likely N-dealkylation sites (N-methyl/N-ethyl adjacent to an activating group) is 1. The zero-order chi connectivity index (χ0) is 33.7. The Morgan fingerprint density at radius 1 is 1.02 bits per heavy atom. The molecule has 13 heteroatoms. The number of benzene rings is 1. The number of anilines is 2. The predicted molar refractivity (Wildman–Crippen MR) is 181 cm³/mol. The highest BCUT2D eigenvalue weighted by atomic mass is 16.5. The number of nitrogens with two attached hydrogens (primary N) is 1. The molecule has 5 rings (SSSR count). The Hall–Kier alpha value is -4.39. The van der Waals surface area contributed by atoms with Gasteiger partial charge in [-0.1, -0.05) is 20.8 Å². The van der Waals surface area contributed by atoms with Crippen LogP contribution in [0.25, 0.3) is 10.9 Å². The van der Waals surface area contributed by atoms with Crippen LogP contribution >= 0.6 is 0 Å². The number of amides is 2. The van der Waals surface area contributed by atoms with E-state index in [2.05, 4.69) is 38.1 Å². The van der Waals surface area contributed by atoms with Crippen LogP contribution < -0.4 is 30.2 Å². The summed E-state index contributed by atoms with van der Waals surface area (Å²) in [7, 11) is 4.82. The largest absolute Gasteiger partial charge is 0.493 e. The van der Waals surface area contributed by atoms with Gasteiger partial charge in [0.1, 0.15) is 11.5 Å². The molecule has 254 valence electrons. The number of ether oxygens (including phenoxy) is 3. The van der Waals surface area contributed by atoms with Gasteiger partial charge in [-0.25, -0.2) is 15.0 Å². The molecular weight excluding hydrogens is 600 g/mol. The highest BCUT2D eigenvalue weighted by Gasteiger charge is 2.28. The lowest BCUT2D eigenvalue weighted by Gasteiger charge is -2.35. The summed E-state index contributed by atoms with van der Waals surface area (Å²) in [5.41, 5.74) is 8.74. The molecule has 4 heterocycles. The summed E-state index contributed by atoms with van der Waals surface area (Å²) in [6.07, 6.45) is 2.20. The first-order chi connectivity index (χ1) is 22.6. The van der Waals surface area contributed by atoms with Gasteiger partial charge in [-0.05, 0) is 43.4 Å².